The van der Waals surface area contributed by atoms with Gasteiger partial charge in [-0.3, -0.25) is 0 Å². The van der Waals surface area contributed by atoms with Gasteiger partial charge in [0.15, 0.2) is 19.7 Å². The lowest BCUT2D eigenvalue weighted by Crippen LogP contribution is -2.43. The van der Waals surface area contributed by atoms with Gasteiger partial charge in [0.2, 0.25) is 0 Å². The van der Waals surface area contributed by atoms with Crippen LogP contribution in [0.15, 0.2) is 59.5 Å². The van der Waals surface area contributed by atoms with Crippen LogP contribution in [0.1, 0.15) is 12.0 Å². The summed E-state index contributed by atoms with van der Waals surface area (Å²) in [5.41, 5.74) is 1.20. The number of sulfone groups is 2. The van der Waals surface area contributed by atoms with Crippen molar-refractivity contribution in [1.82, 2.24) is 5.32 Å². The first kappa shape index (κ1) is 20.3. The van der Waals surface area contributed by atoms with E-state index in [1.165, 1.54) is 29.8 Å². The number of aryl methyl sites for hydroxylation is 1. The molecular formula is C19H22ClNO4S2. The molecule has 0 spiro atoms. The van der Waals surface area contributed by atoms with Crippen LogP contribution >= 0.6 is 11.6 Å². The maximum atomic E-state index is 13.0. The first-order valence-electron chi connectivity index (χ1n) is 8.75. The molecule has 1 N–H and O–H groups in total. The largest absolute Gasteiger partial charge is 0.312 e. The molecule has 5 nitrogen and oxygen atoms in total. The van der Waals surface area contributed by atoms with E-state index in [1.807, 2.05) is 30.3 Å². The minimum Gasteiger partial charge on any atom is -0.312 e. The molecule has 2 aromatic carbocycles. The van der Waals surface area contributed by atoms with Crippen LogP contribution in [0.3, 0.4) is 0 Å². The standard InChI is InChI=1S/C19H22ClNO4S2/c20-16-8-10-17(11-9-16)27(24,25)19-14-26(22,23)13-18(19)21-12-4-7-15-5-2-1-3-6-15/h1-3,5-6,8-11,18-19,21H,4,7,12-14H2/t18-,19-/m0/s1. The van der Waals surface area contributed by atoms with Crippen molar-refractivity contribution in [3.63, 3.8) is 0 Å². The van der Waals surface area contributed by atoms with Crippen molar-refractivity contribution in [2.24, 2.45) is 0 Å². The fourth-order valence-electron chi connectivity index (χ4n) is 3.34. The Morgan fingerprint density at radius 2 is 1.67 bits per heavy atom. The lowest BCUT2D eigenvalue weighted by molar-refractivity contribution is 0.520. The maximum Gasteiger partial charge on any atom is 0.183 e. The summed E-state index contributed by atoms with van der Waals surface area (Å²) in [7, 11) is -7.17. The highest BCUT2D eigenvalue weighted by molar-refractivity contribution is 7.96. The third-order valence-corrected chi connectivity index (χ3v) is 9.15. The van der Waals surface area contributed by atoms with Gasteiger partial charge in [-0.2, -0.15) is 0 Å². The number of rotatable bonds is 7. The van der Waals surface area contributed by atoms with Crippen molar-refractivity contribution < 1.29 is 16.8 Å². The highest BCUT2D eigenvalue weighted by atomic mass is 35.5. The van der Waals surface area contributed by atoms with Crippen LogP contribution in [0.4, 0.5) is 0 Å². The Labute approximate surface area is 165 Å². The molecule has 0 amide bonds. The average Bonchev–Trinajstić information content (AvgIpc) is 2.95. The lowest BCUT2D eigenvalue weighted by atomic mass is 10.1. The second kappa shape index (κ2) is 8.31. The van der Waals surface area contributed by atoms with Crippen LogP contribution in [0.25, 0.3) is 0 Å². The molecule has 1 aliphatic heterocycles. The highest BCUT2D eigenvalue weighted by Crippen LogP contribution is 2.27. The normalized spacial score (nSPS) is 22.0. The third-order valence-electron chi connectivity index (χ3n) is 4.73. The summed E-state index contributed by atoms with van der Waals surface area (Å²) in [6, 6.07) is 15.2. The van der Waals surface area contributed by atoms with Gasteiger partial charge in [0, 0.05) is 11.1 Å². The predicted octanol–water partition coefficient (Wildman–Crippen LogP) is 2.50. The molecular weight excluding hydrogens is 406 g/mol. The van der Waals surface area contributed by atoms with Crippen LogP contribution in [-0.2, 0) is 26.1 Å². The zero-order chi connectivity index (χ0) is 19.5. The zero-order valence-corrected chi connectivity index (χ0v) is 17.1. The summed E-state index contributed by atoms with van der Waals surface area (Å²) in [4.78, 5) is 0.102. The molecule has 3 rings (SSSR count). The second-order valence-electron chi connectivity index (χ2n) is 6.76. The van der Waals surface area contributed by atoms with E-state index in [0.29, 0.717) is 11.6 Å². The monoisotopic (exact) mass is 427 g/mol. The zero-order valence-electron chi connectivity index (χ0n) is 14.7. The summed E-state index contributed by atoms with van der Waals surface area (Å²) in [6.45, 7) is 0.557. The minimum absolute atomic E-state index is 0.102. The summed E-state index contributed by atoms with van der Waals surface area (Å²) >= 11 is 5.83. The fraction of sp³-hybridized carbons (Fsp3) is 0.368. The molecule has 2 aromatic rings. The molecule has 0 aliphatic carbocycles. The summed E-state index contributed by atoms with van der Waals surface area (Å²) in [5.74, 6) is -0.510. The summed E-state index contributed by atoms with van der Waals surface area (Å²) in [5, 5.41) is 2.61. The number of benzene rings is 2. The molecule has 1 heterocycles. The van der Waals surface area contributed by atoms with E-state index >= 15 is 0 Å². The summed E-state index contributed by atoms with van der Waals surface area (Å²) < 4.78 is 50.1. The Kier molecular flexibility index (Phi) is 6.25. The van der Waals surface area contributed by atoms with Gasteiger partial charge in [0.1, 0.15) is 0 Å². The van der Waals surface area contributed by atoms with Gasteiger partial charge in [-0.1, -0.05) is 41.9 Å². The molecule has 1 saturated heterocycles. The maximum absolute atomic E-state index is 13.0. The van der Waals surface area contributed by atoms with Gasteiger partial charge in [-0.15, -0.1) is 0 Å². The SMILES string of the molecule is O=S1(=O)C[C@H](NCCCc2ccccc2)[C@@H](S(=O)(=O)c2ccc(Cl)cc2)C1. The Balaban J connectivity index is 1.68. The van der Waals surface area contributed by atoms with Crippen LogP contribution < -0.4 is 5.32 Å². The predicted molar refractivity (Wildman–Crippen MR) is 108 cm³/mol. The van der Waals surface area contributed by atoms with Crippen molar-refractivity contribution in [2.75, 3.05) is 18.1 Å². The molecule has 0 unspecified atom stereocenters. The van der Waals surface area contributed by atoms with Crippen LogP contribution in [-0.4, -0.2) is 46.2 Å². The first-order chi connectivity index (χ1) is 12.8. The average molecular weight is 428 g/mol. The Morgan fingerprint density at radius 3 is 2.33 bits per heavy atom. The van der Waals surface area contributed by atoms with E-state index in [9.17, 15) is 16.8 Å². The molecule has 0 aromatic heterocycles. The van der Waals surface area contributed by atoms with E-state index in [-0.39, 0.29) is 16.4 Å². The van der Waals surface area contributed by atoms with Crippen LogP contribution in [0.5, 0.6) is 0 Å². The van der Waals surface area contributed by atoms with E-state index in [4.69, 9.17) is 11.6 Å². The van der Waals surface area contributed by atoms with Gasteiger partial charge in [0.05, 0.1) is 21.7 Å². The molecule has 1 aliphatic rings. The number of hydrogen-bond donors (Lipinski definition) is 1. The van der Waals surface area contributed by atoms with E-state index in [2.05, 4.69) is 5.32 Å². The molecule has 8 heteroatoms. The van der Waals surface area contributed by atoms with E-state index in [1.54, 1.807) is 0 Å². The van der Waals surface area contributed by atoms with E-state index < -0.39 is 31.0 Å². The number of nitrogens with one attached hydrogen (secondary N) is 1. The number of hydrogen-bond acceptors (Lipinski definition) is 5. The molecule has 2 atom stereocenters. The van der Waals surface area contributed by atoms with Gasteiger partial charge in [0.25, 0.3) is 0 Å². The van der Waals surface area contributed by atoms with Crippen molar-refractivity contribution in [1.29, 1.82) is 0 Å². The highest BCUT2D eigenvalue weighted by Gasteiger charge is 2.45. The van der Waals surface area contributed by atoms with E-state index in [0.717, 1.165) is 12.8 Å². The topological polar surface area (TPSA) is 80.3 Å². The smallest absolute Gasteiger partial charge is 0.183 e. The number of halogens is 1. The van der Waals surface area contributed by atoms with Gasteiger partial charge in [-0.25, -0.2) is 16.8 Å². The third kappa shape index (κ3) is 5.10. The molecule has 1 fully saturated rings. The van der Waals surface area contributed by atoms with Crippen molar-refractivity contribution >= 4 is 31.3 Å². The second-order valence-corrected chi connectivity index (χ2v) is 11.5. The summed E-state index contributed by atoms with van der Waals surface area (Å²) in [6.07, 6.45) is 1.65. The van der Waals surface area contributed by atoms with Gasteiger partial charge < -0.3 is 5.32 Å². The molecule has 146 valence electrons. The Hall–Kier alpha value is -1.41. The van der Waals surface area contributed by atoms with Crippen molar-refractivity contribution in [2.45, 2.75) is 29.0 Å². The van der Waals surface area contributed by atoms with Gasteiger partial charge in [-0.05, 0) is 49.2 Å². The molecule has 0 saturated carbocycles. The molecule has 27 heavy (non-hydrogen) atoms. The Bertz CT molecular complexity index is 974. The first-order valence-corrected chi connectivity index (χ1v) is 12.5. The molecule has 0 radical (unpaired) electrons. The lowest BCUT2D eigenvalue weighted by Gasteiger charge is -2.20. The minimum atomic E-state index is -3.77. The van der Waals surface area contributed by atoms with Crippen LogP contribution in [0, 0.1) is 0 Å². The van der Waals surface area contributed by atoms with Gasteiger partial charge >= 0.3 is 0 Å². The quantitative estimate of drug-likeness (QED) is 0.686. The van der Waals surface area contributed by atoms with Crippen molar-refractivity contribution in [3.8, 4) is 0 Å². The molecule has 0 bridgehead atoms. The Morgan fingerprint density at radius 1 is 1.00 bits per heavy atom. The fourth-order valence-corrected chi connectivity index (χ4v) is 8.18. The van der Waals surface area contributed by atoms with Crippen LogP contribution in [0.2, 0.25) is 5.02 Å². The van der Waals surface area contributed by atoms with Crippen molar-refractivity contribution in [3.05, 3.63) is 65.2 Å².